The summed E-state index contributed by atoms with van der Waals surface area (Å²) in [5.74, 6) is -1.68. The molecule has 0 amide bonds. The number of fused-ring (bicyclic) bond motifs is 2. The van der Waals surface area contributed by atoms with Gasteiger partial charge in [0.1, 0.15) is 30.5 Å². The molecule has 10 nitrogen and oxygen atoms in total. The lowest BCUT2D eigenvalue weighted by atomic mass is 9.51. The van der Waals surface area contributed by atoms with E-state index in [0.717, 1.165) is 6.42 Å². The van der Waals surface area contributed by atoms with Crippen LogP contribution in [0.4, 0.5) is 0 Å². The van der Waals surface area contributed by atoms with Gasteiger partial charge in [0.15, 0.2) is 5.60 Å². The Balaban J connectivity index is 1.42. The molecule has 3 saturated heterocycles. The summed E-state index contributed by atoms with van der Waals surface area (Å²) in [6.45, 7) is 7.73. The maximum atomic E-state index is 13.4. The van der Waals surface area contributed by atoms with Crippen LogP contribution in [-0.2, 0) is 42.8 Å². The van der Waals surface area contributed by atoms with E-state index in [1.165, 1.54) is 30.7 Å². The Morgan fingerprint density at radius 2 is 1.90 bits per heavy atom. The Morgan fingerprint density at radius 1 is 1.12 bits per heavy atom. The molecule has 9 atom stereocenters. The van der Waals surface area contributed by atoms with Gasteiger partial charge in [-0.1, -0.05) is 30.7 Å². The first-order valence-electron chi connectivity index (χ1n) is 14.4. The van der Waals surface area contributed by atoms with Crippen LogP contribution in [0.1, 0.15) is 53.4 Å². The molecule has 9 unspecified atom stereocenters. The van der Waals surface area contributed by atoms with Crippen LogP contribution in [0.25, 0.3) is 0 Å². The van der Waals surface area contributed by atoms with Crippen molar-refractivity contribution < 1.29 is 47.9 Å². The summed E-state index contributed by atoms with van der Waals surface area (Å²) in [5.41, 5.74) is -1.86. The normalized spacial score (nSPS) is 44.2. The molecular weight excluding hydrogens is 532 g/mol. The molecule has 41 heavy (non-hydrogen) atoms. The number of epoxide rings is 1. The standard InChI is InChI=1S/C31H38O10/c1-18-8-11-29-16-36-26(34)14-21-9-12-37-30(27(21)35,19(2)39-20(3)32)10-6-5-7-25(33)41-22-15-24(40-23(29)13-18)31(17-38-31)28(22,29)4/h5-7,10,13-14,19,22-24,27,35H,8-9,11-12,15-17H2,1-4H3. The zero-order valence-electron chi connectivity index (χ0n) is 23.9. The number of hydrogen-bond acceptors (Lipinski definition) is 10. The van der Waals surface area contributed by atoms with E-state index < -0.39 is 58.3 Å². The van der Waals surface area contributed by atoms with E-state index in [-0.39, 0.29) is 31.8 Å². The van der Waals surface area contributed by atoms with Gasteiger partial charge in [0.05, 0.1) is 30.8 Å². The molecular formula is C31H38O10. The second-order valence-electron chi connectivity index (χ2n) is 12.4. The first-order valence-corrected chi connectivity index (χ1v) is 14.4. The zero-order chi connectivity index (χ0) is 29.2. The highest BCUT2D eigenvalue weighted by atomic mass is 16.6. The van der Waals surface area contributed by atoms with E-state index in [4.69, 9.17) is 28.4 Å². The van der Waals surface area contributed by atoms with Crippen molar-refractivity contribution in [1.29, 1.82) is 0 Å². The van der Waals surface area contributed by atoms with Gasteiger partial charge in [0.25, 0.3) is 0 Å². The minimum Gasteiger partial charge on any atom is -0.462 e. The summed E-state index contributed by atoms with van der Waals surface area (Å²) in [6.07, 6.45) is 8.26. The maximum Gasteiger partial charge on any atom is 0.331 e. The topological polar surface area (TPSA) is 130 Å². The molecule has 1 N–H and O–H groups in total. The number of hydrogen-bond donors (Lipinski definition) is 1. The second-order valence-corrected chi connectivity index (χ2v) is 12.4. The summed E-state index contributed by atoms with van der Waals surface area (Å²) in [5, 5.41) is 11.5. The van der Waals surface area contributed by atoms with Gasteiger partial charge in [-0.2, -0.15) is 0 Å². The molecule has 1 saturated carbocycles. The van der Waals surface area contributed by atoms with Crippen molar-refractivity contribution in [1.82, 2.24) is 0 Å². The molecule has 0 aromatic heterocycles. The highest BCUT2D eigenvalue weighted by Crippen LogP contribution is 2.72. The Hall–Kier alpha value is -2.79. The van der Waals surface area contributed by atoms with Crippen molar-refractivity contribution in [2.75, 3.05) is 19.8 Å². The van der Waals surface area contributed by atoms with E-state index in [2.05, 4.69) is 19.9 Å². The Bertz CT molecular complexity index is 1260. The number of rotatable bonds is 2. The third-order valence-corrected chi connectivity index (χ3v) is 10.5. The minimum atomic E-state index is -1.48. The molecule has 4 heterocycles. The monoisotopic (exact) mass is 570 g/mol. The lowest BCUT2D eigenvalue weighted by molar-refractivity contribution is -0.232. The molecule has 2 aliphatic carbocycles. The Morgan fingerprint density at radius 3 is 2.63 bits per heavy atom. The van der Waals surface area contributed by atoms with Crippen molar-refractivity contribution in [2.24, 2.45) is 10.8 Å². The number of carbonyl (C=O) groups excluding carboxylic acids is 3. The summed E-state index contributed by atoms with van der Waals surface area (Å²) in [6, 6.07) is 0. The maximum absolute atomic E-state index is 13.4. The summed E-state index contributed by atoms with van der Waals surface area (Å²) in [7, 11) is 0. The van der Waals surface area contributed by atoms with Crippen LogP contribution in [0.5, 0.6) is 0 Å². The van der Waals surface area contributed by atoms with Crippen LogP contribution in [0, 0.1) is 10.8 Å². The van der Waals surface area contributed by atoms with Crippen LogP contribution in [0.2, 0.25) is 0 Å². The van der Waals surface area contributed by atoms with Crippen LogP contribution in [-0.4, -0.2) is 84.6 Å². The molecule has 6 aliphatic rings. The number of cyclic esters (lactones) is 1. The number of esters is 3. The van der Waals surface area contributed by atoms with E-state index in [1.807, 2.05) is 0 Å². The summed E-state index contributed by atoms with van der Waals surface area (Å²) >= 11 is 0. The van der Waals surface area contributed by atoms with Crippen LogP contribution in [0.3, 0.4) is 0 Å². The summed E-state index contributed by atoms with van der Waals surface area (Å²) < 4.78 is 36.3. The summed E-state index contributed by atoms with van der Waals surface area (Å²) in [4.78, 5) is 38.3. The number of carbonyl (C=O) groups is 3. The van der Waals surface area contributed by atoms with Crippen LogP contribution >= 0.6 is 0 Å². The van der Waals surface area contributed by atoms with Gasteiger partial charge >= 0.3 is 17.9 Å². The van der Waals surface area contributed by atoms with Crippen molar-refractivity contribution in [3.05, 3.63) is 47.6 Å². The average molecular weight is 571 g/mol. The van der Waals surface area contributed by atoms with Gasteiger partial charge in [0.2, 0.25) is 0 Å². The molecule has 0 radical (unpaired) electrons. The van der Waals surface area contributed by atoms with Gasteiger partial charge in [-0.3, -0.25) is 4.79 Å². The van der Waals surface area contributed by atoms with Gasteiger partial charge in [-0.25, -0.2) is 9.59 Å². The fraction of sp³-hybridized carbons (Fsp3) is 0.645. The average Bonchev–Trinajstić information content (AvgIpc) is 3.69. The third kappa shape index (κ3) is 4.17. The lowest BCUT2D eigenvalue weighted by Crippen LogP contribution is -2.66. The Kier molecular flexibility index (Phi) is 6.84. The first kappa shape index (κ1) is 28.3. The van der Waals surface area contributed by atoms with E-state index in [1.54, 1.807) is 19.1 Å². The molecule has 6 rings (SSSR count). The zero-order valence-corrected chi connectivity index (χ0v) is 23.9. The molecule has 4 fully saturated rings. The largest absolute Gasteiger partial charge is 0.462 e. The van der Waals surface area contributed by atoms with Crippen molar-refractivity contribution >= 4 is 17.9 Å². The predicted octanol–water partition coefficient (Wildman–Crippen LogP) is 2.64. The van der Waals surface area contributed by atoms with E-state index >= 15 is 0 Å². The molecule has 10 heteroatoms. The number of aliphatic hydroxyl groups excluding tert-OH is 1. The molecule has 222 valence electrons. The number of allylic oxidation sites excluding steroid dienone is 3. The van der Waals surface area contributed by atoms with Crippen molar-refractivity contribution in [3.63, 3.8) is 0 Å². The smallest absolute Gasteiger partial charge is 0.331 e. The predicted molar refractivity (Wildman–Crippen MR) is 143 cm³/mol. The van der Waals surface area contributed by atoms with Gasteiger partial charge in [-0.05, 0) is 44.8 Å². The van der Waals surface area contributed by atoms with Gasteiger partial charge in [-0.15, -0.1) is 0 Å². The minimum absolute atomic E-state index is 0.0315. The molecule has 2 spiro atoms. The van der Waals surface area contributed by atoms with Gasteiger partial charge in [0, 0.05) is 30.9 Å². The third-order valence-electron chi connectivity index (χ3n) is 10.5. The van der Waals surface area contributed by atoms with Crippen LogP contribution in [0.15, 0.2) is 47.6 Å². The quantitative estimate of drug-likeness (QED) is 0.229. The second kappa shape index (κ2) is 9.90. The van der Waals surface area contributed by atoms with Crippen molar-refractivity contribution in [3.8, 4) is 0 Å². The fourth-order valence-corrected chi connectivity index (χ4v) is 8.00. The number of aliphatic hydroxyl groups is 1. The van der Waals surface area contributed by atoms with Crippen molar-refractivity contribution in [2.45, 2.75) is 95.1 Å². The highest BCUT2D eigenvalue weighted by Gasteiger charge is 2.83. The molecule has 0 aromatic rings. The van der Waals surface area contributed by atoms with E-state index in [0.29, 0.717) is 25.0 Å². The van der Waals surface area contributed by atoms with E-state index in [9.17, 15) is 19.5 Å². The molecule has 0 aromatic carbocycles. The van der Waals surface area contributed by atoms with Gasteiger partial charge < -0.3 is 33.5 Å². The SMILES string of the molecule is CC(=O)OC(C)C12C=CC=CC(=O)OC3CC4OC5C=C(C)CCC5(COC(=O)C=C(CCO1)C2O)C3(C)C41CO1. The molecule has 4 bridgehead atoms. The highest BCUT2D eigenvalue weighted by molar-refractivity contribution is 5.83. The Labute approximate surface area is 239 Å². The number of ether oxygens (including phenoxy) is 6. The first-order chi connectivity index (χ1) is 19.5. The fourth-order valence-electron chi connectivity index (χ4n) is 8.00. The van der Waals surface area contributed by atoms with Crippen LogP contribution < -0.4 is 0 Å². The lowest BCUT2D eigenvalue weighted by Gasteiger charge is -2.58. The molecule has 4 aliphatic heterocycles.